The van der Waals surface area contributed by atoms with Crippen molar-refractivity contribution in [1.29, 1.82) is 0 Å². The molecular formula is C19H15N7. The van der Waals surface area contributed by atoms with Crippen LogP contribution < -0.4 is 0 Å². The van der Waals surface area contributed by atoms with Crippen LogP contribution in [0.5, 0.6) is 0 Å². The predicted octanol–water partition coefficient (Wildman–Crippen LogP) is 3.14. The maximum Gasteiger partial charge on any atom is 0.182 e. The second-order valence-electron chi connectivity index (χ2n) is 6.12. The summed E-state index contributed by atoms with van der Waals surface area (Å²) in [5.41, 5.74) is 4.76. The molecule has 7 nitrogen and oxygen atoms in total. The number of aromatic nitrogens is 7. The molecule has 126 valence electrons. The first-order valence-electron chi connectivity index (χ1n) is 8.29. The molecule has 0 aliphatic heterocycles. The molecule has 7 heteroatoms. The van der Waals surface area contributed by atoms with Crippen LogP contribution in [0.1, 0.15) is 11.3 Å². The SMILES string of the molecule is Cc1c(C)n(-c2ccccn2)c2ncn3nc(-c4ccncc4)nc3c12. The van der Waals surface area contributed by atoms with Gasteiger partial charge in [0.2, 0.25) is 0 Å². The van der Waals surface area contributed by atoms with Gasteiger partial charge in [0.15, 0.2) is 17.1 Å². The number of pyridine rings is 2. The van der Waals surface area contributed by atoms with Crippen molar-refractivity contribution in [2.24, 2.45) is 0 Å². The van der Waals surface area contributed by atoms with Crippen molar-refractivity contribution in [3.05, 3.63) is 66.5 Å². The second-order valence-corrected chi connectivity index (χ2v) is 6.12. The molecule has 5 aromatic rings. The summed E-state index contributed by atoms with van der Waals surface area (Å²) in [5, 5.41) is 5.57. The minimum Gasteiger partial charge on any atom is -0.282 e. The smallest absolute Gasteiger partial charge is 0.182 e. The van der Waals surface area contributed by atoms with Crippen LogP contribution in [-0.4, -0.2) is 34.1 Å². The Hall–Kier alpha value is -3.61. The van der Waals surface area contributed by atoms with Crippen LogP contribution in [0.2, 0.25) is 0 Å². The maximum absolute atomic E-state index is 4.77. The van der Waals surface area contributed by atoms with Gasteiger partial charge in [-0.3, -0.25) is 9.55 Å². The molecule has 0 spiro atoms. The average Bonchev–Trinajstić information content (AvgIpc) is 3.23. The summed E-state index contributed by atoms with van der Waals surface area (Å²) < 4.78 is 3.79. The van der Waals surface area contributed by atoms with E-state index in [1.165, 1.54) is 0 Å². The minimum absolute atomic E-state index is 0.657. The molecule has 0 saturated carbocycles. The van der Waals surface area contributed by atoms with E-state index >= 15 is 0 Å². The Kier molecular flexibility index (Phi) is 3.08. The van der Waals surface area contributed by atoms with Gasteiger partial charge in [0.05, 0.1) is 5.39 Å². The molecule has 0 aliphatic carbocycles. The van der Waals surface area contributed by atoms with Crippen molar-refractivity contribution < 1.29 is 0 Å². The number of rotatable bonds is 2. The van der Waals surface area contributed by atoms with Crippen molar-refractivity contribution >= 4 is 16.7 Å². The zero-order valence-electron chi connectivity index (χ0n) is 14.3. The molecule has 0 N–H and O–H groups in total. The Morgan fingerprint density at radius 1 is 0.885 bits per heavy atom. The molecule has 26 heavy (non-hydrogen) atoms. The first kappa shape index (κ1) is 14.7. The Labute approximate surface area is 149 Å². The quantitative estimate of drug-likeness (QED) is 0.493. The lowest BCUT2D eigenvalue weighted by molar-refractivity contribution is 0.919. The summed E-state index contributed by atoms with van der Waals surface area (Å²) in [6.07, 6.45) is 6.96. The van der Waals surface area contributed by atoms with E-state index in [0.29, 0.717) is 5.82 Å². The van der Waals surface area contributed by atoms with Gasteiger partial charge in [0, 0.05) is 29.8 Å². The van der Waals surface area contributed by atoms with Crippen molar-refractivity contribution in [3.8, 4) is 17.2 Å². The highest BCUT2D eigenvalue weighted by atomic mass is 15.3. The Morgan fingerprint density at radius 3 is 2.50 bits per heavy atom. The lowest BCUT2D eigenvalue weighted by Crippen LogP contribution is -2.01. The third kappa shape index (κ3) is 2.03. The van der Waals surface area contributed by atoms with Crippen molar-refractivity contribution in [3.63, 3.8) is 0 Å². The monoisotopic (exact) mass is 341 g/mol. The van der Waals surface area contributed by atoms with Crippen LogP contribution in [0.25, 0.3) is 33.9 Å². The largest absolute Gasteiger partial charge is 0.282 e. The highest BCUT2D eigenvalue weighted by Gasteiger charge is 2.19. The summed E-state index contributed by atoms with van der Waals surface area (Å²) in [6.45, 7) is 4.15. The second kappa shape index (κ2) is 5.45. The van der Waals surface area contributed by atoms with Gasteiger partial charge in [-0.05, 0) is 43.7 Å². The highest BCUT2D eigenvalue weighted by molar-refractivity contribution is 5.95. The topological polar surface area (TPSA) is 73.8 Å². The summed E-state index contributed by atoms with van der Waals surface area (Å²) >= 11 is 0. The molecule has 5 aromatic heterocycles. The standard InChI is InChI=1S/C19H15N7/c1-12-13(2)26(15-5-3-4-8-21-15)18-16(12)19-23-17(24-25(19)11-22-18)14-6-9-20-10-7-14/h3-11H,1-2H3. The number of fused-ring (bicyclic) bond motifs is 3. The average molecular weight is 341 g/mol. The third-order valence-corrected chi connectivity index (χ3v) is 4.65. The van der Waals surface area contributed by atoms with Gasteiger partial charge in [0.1, 0.15) is 12.1 Å². The lowest BCUT2D eigenvalue weighted by atomic mass is 10.2. The first-order chi connectivity index (χ1) is 12.7. The highest BCUT2D eigenvalue weighted by Crippen LogP contribution is 2.29. The predicted molar refractivity (Wildman–Crippen MR) is 98.1 cm³/mol. The molecule has 0 fully saturated rings. The van der Waals surface area contributed by atoms with E-state index in [2.05, 4.69) is 38.5 Å². The van der Waals surface area contributed by atoms with E-state index in [1.807, 2.05) is 30.3 Å². The zero-order chi connectivity index (χ0) is 17.7. The minimum atomic E-state index is 0.657. The molecule has 5 heterocycles. The molecule has 0 bridgehead atoms. The van der Waals surface area contributed by atoms with Gasteiger partial charge in [0.25, 0.3) is 0 Å². The van der Waals surface area contributed by atoms with E-state index in [4.69, 9.17) is 4.98 Å². The van der Waals surface area contributed by atoms with Crippen LogP contribution in [-0.2, 0) is 0 Å². The molecule has 0 aliphatic rings. The van der Waals surface area contributed by atoms with Gasteiger partial charge < -0.3 is 0 Å². The maximum atomic E-state index is 4.77. The summed E-state index contributed by atoms with van der Waals surface area (Å²) in [7, 11) is 0. The Bertz CT molecular complexity index is 1240. The van der Waals surface area contributed by atoms with Gasteiger partial charge in [-0.25, -0.2) is 19.5 Å². The van der Waals surface area contributed by atoms with E-state index < -0.39 is 0 Å². The van der Waals surface area contributed by atoms with Gasteiger partial charge in [-0.15, -0.1) is 5.10 Å². The number of hydrogen-bond acceptors (Lipinski definition) is 5. The van der Waals surface area contributed by atoms with Crippen LogP contribution in [0.15, 0.2) is 55.2 Å². The molecule has 0 atom stereocenters. The van der Waals surface area contributed by atoms with Crippen molar-refractivity contribution in [2.45, 2.75) is 13.8 Å². The van der Waals surface area contributed by atoms with Gasteiger partial charge in [-0.1, -0.05) is 6.07 Å². The number of hydrogen-bond donors (Lipinski definition) is 0. The molecule has 0 radical (unpaired) electrons. The fraction of sp³-hybridized carbons (Fsp3) is 0.105. The fourth-order valence-corrected chi connectivity index (χ4v) is 3.25. The van der Waals surface area contributed by atoms with Gasteiger partial charge in [-0.2, -0.15) is 0 Å². The number of aryl methyl sites for hydroxylation is 1. The summed E-state index contributed by atoms with van der Waals surface area (Å²) in [4.78, 5) is 17.9. The molecular weight excluding hydrogens is 326 g/mol. The summed E-state index contributed by atoms with van der Waals surface area (Å²) in [5.74, 6) is 1.50. The van der Waals surface area contributed by atoms with Crippen LogP contribution in [0, 0.1) is 13.8 Å². The Balaban J connectivity index is 1.83. The van der Waals surface area contributed by atoms with E-state index in [0.717, 1.165) is 39.3 Å². The third-order valence-electron chi connectivity index (χ3n) is 4.65. The molecule has 5 rings (SSSR count). The fourth-order valence-electron chi connectivity index (χ4n) is 3.25. The normalized spacial score (nSPS) is 11.5. The van der Waals surface area contributed by atoms with E-state index in [-0.39, 0.29) is 0 Å². The van der Waals surface area contributed by atoms with Crippen LogP contribution in [0.3, 0.4) is 0 Å². The molecule has 0 saturated heterocycles. The first-order valence-corrected chi connectivity index (χ1v) is 8.29. The molecule has 0 aromatic carbocycles. The van der Waals surface area contributed by atoms with Crippen LogP contribution >= 0.6 is 0 Å². The molecule has 0 amide bonds. The summed E-state index contributed by atoms with van der Waals surface area (Å²) in [6, 6.07) is 9.65. The van der Waals surface area contributed by atoms with E-state index in [9.17, 15) is 0 Å². The van der Waals surface area contributed by atoms with E-state index in [1.54, 1.807) is 29.4 Å². The zero-order valence-corrected chi connectivity index (χ0v) is 14.3. The van der Waals surface area contributed by atoms with Crippen molar-refractivity contribution in [1.82, 2.24) is 34.1 Å². The van der Waals surface area contributed by atoms with Crippen molar-refractivity contribution in [2.75, 3.05) is 0 Å². The Morgan fingerprint density at radius 2 is 1.73 bits per heavy atom. The molecule has 0 unspecified atom stereocenters. The lowest BCUT2D eigenvalue weighted by Gasteiger charge is -2.05. The van der Waals surface area contributed by atoms with Crippen LogP contribution in [0.4, 0.5) is 0 Å². The van der Waals surface area contributed by atoms with Gasteiger partial charge >= 0.3 is 0 Å². The number of nitrogens with zero attached hydrogens (tertiary/aromatic N) is 7.